The number of aromatic nitrogens is 4. The minimum Gasteiger partial charge on any atom is -0.342 e. The van der Waals surface area contributed by atoms with Gasteiger partial charge in [-0.25, -0.2) is 4.79 Å². The Hall–Kier alpha value is -2.05. The van der Waals surface area contributed by atoms with Gasteiger partial charge in [0.15, 0.2) is 11.2 Å². The van der Waals surface area contributed by atoms with Crippen molar-refractivity contribution in [3.63, 3.8) is 0 Å². The van der Waals surface area contributed by atoms with Gasteiger partial charge < -0.3 is 9.88 Å². The number of rotatable bonds is 1. The molecule has 2 aromatic heterocycles. The van der Waals surface area contributed by atoms with Gasteiger partial charge in [-0.1, -0.05) is 6.92 Å². The molecule has 1 aliphatic heterocycles. The number of nitrogens with zero attached hydrogens (tertiary/aromatic N) is 4. The monoisotopic (exact) mass is 277 g/mol. The van der Waals surface area contributed by atoms with Gasteiger partial charge in [0.05, 0.1) is 0 Å². The van der Waals surface area contributed by atoms with Crippen LogP contribution in [0.3, 0.4) is 0 Å². The van der Waals surface area contributed by atoms with Gasteiger partial charge >= 0.3 is 5.69 Å². The Morgan fingerprint density at radius 3 is 2.45 bits per heavy atom. The first kappa shape index (κ1) is 13.0. The lowest BCUT2D eigenvalue weighted by molar-refractivity contribution is 0.435. The maximum Gasteiger partial charge on any atom is 0.332 e. The molecule has 0 atom stereocenters. The predicted octanol–water partition coefficient (Wildman–Crippen LogP) is 0.197. The zero-order valence-electron chi connectivity index (χ0n) is 12.0. The van der Waals surface area contributed by atoms with Crippen LogP contribution in [-0.2, 0) is 14.1 Å². The summed E-state index contributed by atoms with van der Waals surface area (Å²) >= 11 is 0. The van der Waals surface area contributed by atoms with Crippen molar-refractivity contribution in [1.29, 1.82) is 0 Å². The number of aryl methyl sites for hydroxylation is 1. The summed E-state index contributed by atoms with van der Waals surface area (Å²) in [6, 6.07) is 0. The second-order valence-corrected chi connectivity index (χ2v) is 5.63. The molecule has 1 saturated heterocycles. The lowest BCUT2D eigenvalue weighted by Gasteiger charge is -2.29. The summed E-state index contributed by atoms with van der Waals surface area (Å²) in [6.07, 6.45) is 2.24. The minimum absolute atomic E-state index is 0.327. The van der Waals surface area contributed by atoms with E-state index in [-0.39, 0.29) is 11.2 Å². The van der Waals surface area contributed by atoms with Gasteiger partial charge in [-0.15, -0.1) is 0 Å². The molecule has 1 fully saturated rings. The van der Waals surface area contributed by atoms with Crippen LogP contribution in [0.25, 0.3) is 11.2 Å². The van der Waals surface area contributed by atoms with Crippen molar-refractivity contribution < 1.29 is 0 Å². The highest BCUT2D eigenvalue weighted by atomic mass is 16.2. The molecule has 108 valence electrons. The van der Waals surface area contributed by atoms with Crippen LogP contribution in [0.4, 0.5) is 5.95 Å². The van der Waals surface area contributed by atoms with Gasteiger partial charge in [0.25, 0.3) is 5.56 Å². The van der Waals surface area contributed by atoms with Crippen LogP contribution in [0.15, 0.2) is 9.59 Å². The van der Waals surface area contributed by atoms with Crippen molar-refractivity contribution in [3.05, 3.63) is 20.8 Å². The second kappa shape index (κ2) is 4.50. The first-order valence-corrected chi connectivity index (χ1v) is 6.89. The van der Waals surface area contributed by atoms with Crippen LogP contribution >= 0.6 is 0 Å². The summed E-state index contributed by atoms with van der Waals surface area (Å²) in [7, 11) is 3.11. The number of nitrogens with one attached hydrogen (secondary N) is 1. The average Bonchev–Trinajstić information content (AvgIpc) is 2.89. The third-order valence-electron chi connectivity index (χ3n) is 4.17. The van der Waals surface area contributed by atoms with Gasteiger partial charge in [0.2, 0.25) is 5.95 Å². The predicted molar refractivity (Wildman–Crippen MR) is 77.2 cm³/mol. The van der Waals surface area contributed by atoms with E-state index in [4.69, 9.17) is 0 Å². The van der Waals surface area contributed by atoms with Crippen LogP contribution in [0.2, 0.25) is 0 Å². The SMILES string of the molecule is CC1CCN(c2nc3c([nH]2)c(=O)n(C)c(=O)n3C)CC1. The Bertz CT molecular complexity index is 761. The fourth-order valence-corrected chi connectivity index (χ4v) is 2.68. The number of H-pyrrole nitrogens is 1. The summed E-state index contributed by atoms with van der Waals surface area (Å²) in [5.41, 5.74) is 0.134. The summed E-state index contributed by atoms with van der Waals surface area (Å²) in [4.78, 5) is 33.7. The first-order chi connectivity index (χ1) is 9.49. The molecule has 3 heterocycles. The van der Waals surface area contributed by atoms with Crippen molar-refractivity contribution in [2.45, 2.75) is 19.8 Å². The summed E-state index contributed by atoms with van der Waals surface area (Å²) in [5, 5.41) is 0. The van der Waals surface area contributed by atoms with E-state index in [2.05, 4.69) is 21.8 Å². The summed E-state index contributed by atoms with van der Waals surface area (Å²) < 4.78 is 2.51. The topological polar surface area (TPSA) is 75.9 Å². The van der Waals surface area contributed by atoms with Crippen LogP contribution in [0.5, 0.6) is 0 Å². The number of imidazole rings is 1. The van der Waals surface area contributed by atoms with Crippen LogP contribution < -0.4 is 16.1 Å². The Kier molecular flexibility index (Phi) is 2.92. The van der Waals surface area contributed by atoms with Crippen LogP contribution in [-0.4, -0.2) is 32.2 Å². The van der Waals surface area contributed by atoms with Gasteiger partial charge in [-0.3, -0.25) is 13.9 Å². The van der Waals surface area contributed by atoms with Crippen LogP contribution in [0.1, 0.15) is 19.8 Å². The van der Waals surface area contributed by atoms with E-state index in [9.17, 15) is 9.59 Å². The van der Waals surface area contributed by atoms with E-state index in [1.165, 1.54) is 11.6 Å². The molecule has 0 amide bonds. The average molecular weight is 277 g/mol. The number of piperidine rings is 1. The van der Waals surface area contributed by atoms with Crippen molar-refractivity contribution in [1.82, 2.24) is 19.1 Å². The maximum absolute atomic E-state index is 12.1. The van der Waals surface area contributed by atoms with Crippen molar-refractivity contribution in [2.75, 3.05) is 18.0 Å². The first-order valence-electron chi connectivity index (χ1n) is 6.89. The van der Waals surface area contributed by atoms with Crippen LogP contribution in [0, 0.1) is 5.92 Å². The molecule has 20 heavy (non-hydrogen) atoms. The molecule has 1 N–H and O–H groups in total. The molecule has 2 aromatic rings. The Morgan fingerprint density at radius 1 is 1.15 bits per heavy atom. The fourth-order valence-electron chi connectivity index (χ4n) is 2.68. The van der Waals surface area contributed by atoms with E-state index < -0.39 is 0 Å². The summed E-state index contributed by atoms with van der Waals surface area (Å²) in [6.45, 7) is 4.10. The molecule has 0 radical (unpaired) electrons. The second-order valence-electron chi connectivity index (χ2n) is 5.63. The van der Waals surface area contributed by atoms with E-state index in [0.717, 1.165) is 36.4 Å². The third kappa shape index (κ3) is 1.85. The zero-order chi connectivity index (χ0) is 14.4. The standard InChI is InChI=1S/C13H19N5O2/c1-8-4-6-18(7-5-8)12-14-9-10(15-12)16(2)13(20)17(3)11(9)19/h8H,4-7H2,1-3H3,(H,14,15). The molecule has 0 aromatic carbocycles. The molecular weight excluding hydrogens is 258 g/mol. The number of hydrogen-bond acceptors (Lipinski definition) is 4. The molecule has 1 aliphatic rings. The fraction of sp³-hybridized carbons (Fsp3) is 0.615. The number of aromatic amines is 1. The maximum atomic E-state index is 12.1. The van der Waals surface area contributed by atoms with E-state index >= 15 is 0 Å². The highest BCUT2D eigenvalue weighted by Crippen LogP contribution is 2.21. The lowest BCUT2D eigenvalue weighted by atomic mass is 10.00. The van der Waals surface area contributed by atoms with E-state index in [1.807, 2.05) is 0 Å². The summed E-state index contributed by atoms with van der Waals surface area (Å²) in [5.74, 6) is 1.41. The van der Waals surface area contributed by atoms with Gasteiger partial charge in [-0.05, 0) is 18.8 Å². The number of anilines is 1. The van der Waals surface area contributed by atoms with Crippen molar-refractivity contribution >= 4 is 17.1 Å². The molecule has 3 rings (SSSR count). The van der Waals surface area contributed by atoms with Crippen molar-refractivity contribution in [3.8, 4) is 0 Å². The van der Waals surface area contributed by atoms with Crippen molar-refractivity contribution in [2.24, 2.45) is 20.0 Å². The normalized spacial score (nSPS) is 17.1. The molecule has 0 bridgehead atoms. The Morgan fingerprint density at radius 2 is 1.80 bits per heavy atom. The van der Waals surface area contributed by atoms with Gasteiger partial charge in [0.1, 0.15) is 0 Å². The van der Waals surface area contributed by atoms with Gasteiger partial charge in [-0.2, -0.15) is 4.98 Å². The molecular formula is C13H19N5O2. The third-order valence-corrected chi connectivity index (χ3v) is 4.17. The molecule has 0 unspecified atom stereocenters. The molecule has 0 spiro atoms. The largest absolute Gasteiger partial charge is 0.342 e. The number of fused-ring (bicyclic) bond motifs is 1. The van der Waals surface area contributed by atoms with E-state index in [0.29, 0.717) is 17.1 Å². The lowest BCUT2D eigenvalue weighted by Crippen LogP contribution is -2.36. The molecule has 0 saturated carbocycles. The molecule has 7 heteroatoms. The minimum atomic E-state index is -0.354. The highest BCUT2D eigenvalue weighted by molar-refractivity contribution is 5.72. The highest BCUT2D eigenvalue weighted by Gasteiger charge is 2.20. The Labute approximate surface area is 115 Å². The zero-order valence-corrected chi connectivity index (χ0v) is 12.0. The van der Waals surface area contributed by atoms with Gasteiger partial charge in [0, 0.05) is 27.2 Å². The molecule has 7 nitrogen and oxygen atoms in total. The number of hydrogen-bond donors (Lipinski definition) is 1. The Balaban J connectivity index is 2.12. The molecule has 0 aliphatic carbocycles. The quantitative estimate of drug-likeness (QED) is 0.807. The smallest absolute Gasteiger partial charge is 0.332 e. The van der Waals surface area contributed by atoms with E-state index in [1.54, 1.807) is 7.05 Å².